The smallest absolute Gasteiger partial charge is 0.253 e. The highest BCUT2D eigenvalue weighted by atomic mass is 16.2. The number of nitrogens with zero attached hydrogens (tertiary/aromatic N) is 3. The molecule has 5 heteroatoms. The van der Waals surface area contributed by atoms with Gasteiger partial charge in [0.1, 0.15) is 0 Å². The monoisotopic (exact) mass is 286 g/mol. The number of amides is 1. The van der Waals surface area contributed by atoms with E-state index in [1.807, 2.05) is 44.6 Å². The fraction of sp³-hybridized carbons (Fsp3) is 0.375. The number of hydrogen-bond donors (Lipinski definition) is 1. The van der Waals surface area contributed by atoms with Crippen molar-refractivity contribution in [3.8, 4) is 0 Å². The first-order valence-corrected chi connectivity index (χ1v) is 6.96. The highest BCUT2D eigenvalue weighted by Gasteiger charge is 2.12. The molecule has 112 valence electrons. The number of aryl methyl sites for hydroxylation is 2. The molecule has 0 saturated carbocycles. The number of anilines is 1. The first kappa shape index (κ1) is 15.1. The number of carbonyl (C=O) groups is 1. The maximum atomic E-state index is 12.1. The van der Waals surface area contributed by atoms with Crippen LogP contribution in [0.25, 0.3) is 0 Å². The second-order valence-electron chi connectivity index (χ2n) is 5.54. The molecule has 0 saturated heterocycles. The molecule has 0 aliphatic rings. The maximum absolute atomic E-state index is 12.1. The Balaban J connectivity index is 2.23. The molecular formula is C16H22N4O. The SMILES string of the molecule is Cc1ccc(C(=O)N(C)C)cc1NC(C)c1cnn(C)c1. The molecule has 2 aromatic rings. The van der Waals surface area contributed by atoms with Gasteiger partial charge in [-0.3, -0.25) is 9.48 Å². The quantitative estimate of drug-likeness (QED) is 0.940. The zero-order valence-electron chi connectivity index (χ0n) is 13.2. The van der Waals surface area contributed by atoms with Crippen LogP contribution in [-0.2, 0) is 7.05 Å². The average Bonchev–Trinajstić information content (AvgIpc) is 2.87. The van der Waals surface area contributed by atoms with E-state index >= 15 is 0 Å². The molecule has 0 radical (unpaired) electrons. The third kappa shape index (κ3) is 3.42. The molecule has 1 unspecified atom stereocenters. The van der Waals surface area contributed by atoms with Gasteiger partial charge in [0.25, 0.3) is 5.91 Å². The Morgan fingerprint density at radius 1 is 1.38 bits per heavy atom. The topological polar surface area (TPSA) is 50.2 Å². The lowest BCUT2D eigenvalue weighted by Crippen LogP contribution is -2.21. The van der Waals surface area contributed by atoms with Gasteiger partial charge in [0, 0.05) is 44.2 Å². The third-order valence-electron chi connectivity index (χ3n) is 3.49. The summed E-state index contributed by atoms with van der Waals surface area (Å²) in [6, 6.07) is 5.86. The zero-order chi connectivity index (χ0) is 15.6. The van der Waals surface area contributed by atoms with E-state index < -0.39 is 0 Å². The second-order valence-corrected chi connectivity index (χ2v) is 5.54. The summed E-state index contributed by atoms with van der Waals surface area (Å²) < 4.78 is 1.78. The van der Waals surface area contributed by atoms with Crippen LogP contribution in [-0.4, -0.2) is 34.7 Å². The Bertz CT molecular complexity index is 645. The molecule has 1 atom stereocenters. The van der Waals surface area contributed by atoms with Gasteiger partial charge < -0.3 is 10.2 Å². The first-order valence-electron chi connectivity index (χ1n) is 6.96. The number of benzene rings is 1. The van der Waals surface area contributed by atoms with E-state index in [4.69, 9.17) is 0 Å². The Kier molecular flexibility index (Phi) is 4.31. The Morgan fingerprint density at radius 2 is 2.10 bits per heavy atom. The van der Waals surface area contributed by atoms with Gasteiger partial charge in [-0.2, -0.15) is 5.10 Å². The van der Waals surface area contributed by atoms with Crippen molar-refractivity contribution in [3.63, 3.8) is 0 Å². The van der Waals surface area contributed by atoms with Crippen molar-refractivity contribution in [3.05, 3.63) is 47.3 Å². The van der Waals surface area contributed by atoms with Crippen LogP contribution >= 0.6 is 0 Å². The van der Waals surface area contributed by atoms with Gasteiger partial charge in [-0.05, 0) is 31.5 Å². The number of carbonyl (C=O) groups excluding carboxylic acids is 1. The molecule has 0 spiro atoms. The number of hydrogen-bond acceptors (Lipinski definition) is 3. The Morgan fingerprint density at radius 3 is 2.67 bits per heavy atom. The predicted octanol–water partition coefficient (Wildman–Crippen LogP) is 2.60. The van der Waals surface area contributed by atoms with Crippen molar-refractivity contribution in [1.29, 1.82) is 0 Å². The molecule has 1 aromatic carbocycles. The van der Waals surface area contributed by atoms with Crippen LogP contribution in [0.5, 0.6) is 0 Å². The lowest BCUT2D eigenvalue weighted by Gasteiger charge is -2.18. The van der Waals surface area contributed by atoms with E-state index in [2.05, 4.69) is 17.3 Å². The summed E-state index contributed by atoms with van der Waals surface area (Å²) in [5, 5.41) is 7.64. The summed E-state index contributed by atoms with van der Waals surface area (Å²) in [7, 11) is 5.42. The summed E-state index contributed by atoms with van der Waals surface area (Å²) in [5.41, 5.74) is 3.88. The van der Waals surface area contributed by atoms with Crippen molar-refractivity contribution in [1.82, 2.24) is 14.7 Å². The van der Waals surface area contributed by atoms with Gasteiger partial charge >= 0.3 is 0 Å². The van der Waals surface area contributed by atoms with E-state index in [0.717, 1.165) is 16.8 Å². The molecule has 5 nitrogen and oxygen atoms in total. The predicted molar refractivity (Wildman–Crippen MR) is 84.4 cm³/mol. The van der Waals surface area contributed by atoms with Crippen LogP contribution in [0, 0.1) is 6.92 Å². The fourth-order valence-electron chi connectivity index (χ4n) is 2.15. The van der Waals surface area contributed by atoms with Gasteiger partial charge in [0.15, 0.2) is 0 Å². The van der Waals surface area contributed by atoms with Gasteiger partial charge in [-0.15, -0.1) is 0 Å². The Labute approximate surface area is 125 Å². The Hall–Kier alpha value is -2.30. The van der Waals surface area contributed by atoms with Crippen LogP contribution in [0.15, 0.2) is 30.6 Å². The molecule has 1 amide bonds. The van der Waals surface area contributed by atoms with Crippen molar-refractivity contribution < 1.29 is 4.79 Å². The van der Waals surface area contributed by atoms with Crippen molar-refractivity contribution in [2.75, 3.05) is 19.4 Å². The van der Waals surface area contributed by atoms with Crippen LogP contribution in [0.4, 0.5) is 5.69 Å². The van der Waals surface area contributed by atoms with E-state index in [1.165, 1.54) is 0 Å². The largest absolute Gasteiger partial charge is 0.378 e. The van der Waals surface area contributed by atoms with E-state index in [-0.39, 0.29) is 11.9 Å². The van der Waals surface area contributed by atoms with Crippen molar-refractivity contribution in [2.24, 2.45) is 7.05 Å². The molecule has 1 N–H and O–H groups in total. The molecular weight excluding hydrogens is 264 g/mol. The lowest BCUT2D eigenvalue weighted by atomic mass is 10.1. The minimum Gasteiger partial charge on any atom is -0.378 e. The fourth-order valence-corrected chi connectivity index (χ4v) is 2.15. The molecule has 1 aromatic heterocycles. The average molecular weight is 286 g/mol. The van der Waals surface area contributed by atoms with Crippen molar-refractivity contribution in [2.45, 2.75) is 19.9 Å². The van der Waals surface area contributed by atoms with Crippen LogP contribution in [0.1, 0.15) is 34.5 Å². The molecule has 0 aliphatic heterocycles. The molecule has 1 heterocycles. The van der Waals surface area contributed by atoms with Crippen LogP contribution in [0.2, 0.25) is 0 Å². The van der Waals surface area contributed by atoms with Gasteiger partial charge in [0.2, 0.25) is 0 Å². The van der Waals surface area contributed by atoms with Crippen LogP contribution in [0.3, 0.4) is 0 Å². The van der Waals surface area contributed by atoms with E-state index in [0.29, 0.717) is 5.56 Å². The molecule has 0 fully saturated rings. The van der Waals surface area contributed by atoms with Gasteiger partial charge in [-0.1, -0.05) is 6.07 Å². The standard InChI is InChI=1S/C16H22N4O/c1-11-6-7-13(16(21)19(3)4)8-15(11)18-12(2)14-9-17-20(5)10-14/h6-10,12,18H,1-5H3. The van der Waals surface area contributed by atoms with E-state index in [9.17, 15) is 4.79 Å². The highest BCUT2D eigenvalue weighted by Crippen LogP contribution is 2.23. The number of aromatic nitrogens is 2. The van der Waals surface area contributed by atoms with Gasteiger partial charge in [0.05, 0.1) is 12.2 Å². The number of nitrogens with one attached hydrogen (secondary N) is 1. The van der Waals surface area contributed by atoms with Crippen LogP contribution < -0.4 is 5.32 Å². The minimum atomic E-state index is 0.00656. The summed E-state index contributed by atoms with van der Waals surface area (Å²) in [6.07, 6.45) is 3.84. The summed E-state index contributed by atoms with van der Waals surface area (Å²) in [5.74, 6) is 0.00656. The summed E-state index contributed by atoms with van der Waals surface area (Å²) in [4.78, 5) is 13.6. The summed E-state index contributed by atoms with van der Waals surface area (Å²) in [6.45, 7) is 4.11. The van der Waals surface area contributed by atoms with E-state index in [1.54, 1.807) is 23.7 Å². The minimum absolute atomic E-state index is 0.00656. The third-order valence-corrected chi connectivity index (χ3v) is 3.49. The molecule has 21 heavy (non-hydrogen) atoms. The first-order chi connectivity index (χ1) is 9.88. The normalized spacial score (nSPS) is 12.0. The van der Waals surface area contributed by atoms with Crippen molar-refractivity contribution >= 4 is 11.6 Å². The highest BCUT2D eigenvalue weighted by molar-refractivity contribution is 5.95. The second kappa shape index (κ2) is 5.99. The molecule has 0 aliphatic carbocycles. The maximum Gasteiger partial charge on any atom is 0.253 e. The lowest BCUT2D eigenvalue weighted by molar-refractivity contribution is 0.0827. The zero-order valence-corrected chi connectivity index (χ0v) is 13.2. The summed E-state index contributed by atoms with van der Waals surface area (Å²) >= 11 is 0. The number of rotatable bonds is 4. The molecule has 0 bridgehead atoms. The molecule has 2 rings (SSSR count). The van der Waals surface area contributed by atoms with Gasteiger partial charge in [-0.25, -0.2) is 0 Å².